The summed E-state index contributed by atoms with van der Waals surface area (Å²) in [5, 5.41) is 0. The van der Waals surface area contributed by atoms with Crippen LogP contribution in [0.25, 0.3) is 0 Å². The molecule has 1 atom stereocenters. The lowest BCUT2D eigenvalue weighted by Crippen LogP contribution is -2.46. The molecular weight excluding hydrogens is 236 g/mol. The number of nitrogens with zero attached hydrogens (tertiary/aromatic N) is 1. The van der Waals surface area contributed by atoms with Crippen molar-refractivity contribution in [1.29, 1.82) is 0 Å². The number of hydrogen-bond acceptors (Lipinski definition) is 5. The summed E-state index contributed by atoms with van der Waals surface area (Å²) in [4.78, 5) is 24.5. The van der Waals surface area contributed by atoms with Gasteiger partial charge in [0.05, 0.1) is 13.1 Å². The van der Waals surface area contributed by atoms with Crippen molar-refractivity contribution in [2.24, 2.45) is 5.73 Å². The summed E-state index contributed by atoms with van der Waals surface area (Å²) in [6.45, 7) is 6.33. The maximum Gasteiger partial charge on any atom is 0.410 e. The number of piperidine rings is 1. The zero-order valence-corrected chi connectivity index (χ0v) is 11.3. The van der Waals surface area contributed by atoms with E-state index < -0.39 is 11.6 Å². The lowest BCUT2D eigenvalue weighted by atomic mass is 10.1. The van der Waals surface area contributed by atoms with Crippen LogP contribution in [-0.4, -0.2) is 48.3 Å². The number of amides is 1. The van der Waals surface area contributed by atoms with Gasteiger partial charge in [-0.15, -0.1) is 0 Å². The zero-order chi connectivity index (χ0) is 13.8. The lowest BCUT2D eigenvalue weighted by molar-refractivity contribution is -0.149. The number of rotatable bonds is 2. The fourth-order valence-electron chi connectivity index (χ4n) is 1.76. The molecule has 0 aromatic rings. The molecule has 1 rings (SSSR count). The summed E-state index contributed by atoms with van der Waals surface area (Å²) >= 11 is 0. The van der Waals surface area contributed by atoms with Gasteiger partial charge < -0.3 is 20.1 Å². The van der Waals surface area contributed by atoms with Gasteiger partial charge in [0.1, 0.15) is 11.7 Å². The fraction of sp³-hybridized carbons (Fsp3) is 0.833. The molecule has 1 unspecified atom stereocenters. The predicted molar refractivity (Wildman–Crippen MR) is 66.0 cm³/mol. The Bertz CT molecular complexity index is 312. The minimum Gasteiger partial charge on any atom is -0.460 e. The van der Waals surface area contributed by atoms with Crippen molar-refractivity contribution >= 4 is 12.1 Å². The smallest absolute Gasteiger partial charge is 0.410 e. The first kappa shape index (κ1) is 14.8. The van der Waals surface area contributed by atoms with E-state index in [0.717, 1.165) is 12.8 Å². The molecule has 1 saturated heterocycles. The van der Waals surface area contributed by atoms with E-state index >= 15 is 0 Å². The highest BCUT2D eigenvalue weighted by atomic mass is 16.6. The molecule has 6 nitrogen and oxygen atoms in total. The first-order valence-corrected chi connectivity index (χ1v) is 6.19. The van der Waals surface area contributed by atoms with Gasteiger partial charge in [-0.3, -0.25) is 4.79 Å². The van der Waals surface area contributed by atoms with Gasteiger partial charge in [-0.05, 0) is 33.6 Å². The minimum absolute atomic E-state index is 0.136. The normalized spacial score (nSPS) is 20.4. The molecule has 0 aliphatic carbocycles. The molecule has 1 aliphatic heterocycles. The quantitative estimate of drug-likeness (QED) is 0.744. The second-order valence-electron chi connectivity index (χ2n) is 5.38. The largest absolute Gasteiger partial charge is 0.460 e. The van der Waals surface area contributed by atoms with E-state index in [1.54, 1.807) is 4.90 Å². The Balaban J connectivity index is 2.48. The van der Waals surface area contributed by atoms with E-state index in [0.29, 0.717) is 13.1 Å². The number of carbonyl (C=O) groups is 2. The van der Waals surface area contributed by atoms with Crippen LogP contribution in [-0.2, 0) is 14.3 Å². The first-order chi connectivity index (χ1) is 8.31. The van der Waals surface area contributed by atoms with Crippen LogP contribution in [0.3, 0.4) is 0 Å². The van der Waals surface area contributed by atoms with Crippen molar-refractivity contribution in [3.05, 3.63) is 0 Å². The van der Waals surface area contributed by atoms with Crippen molar-refractivity contribution < 1.29 is 19.1 Å². The van der Waals surface area contributed by atoms with Gasteiger partial charge in [0.2, 0.25) is 0 Å². The molecule has 0 aromatic carbocycles. The third-order valence-corrected chi connectivity index (χ3v) is 2.49. The summed E-state index contributed by atoms with van der Waals surface area (Å²) in [5.41, 5.74) is 4.67. The van der Waals surface area contributed by atoms with Crippen LogP contribution in [0.4, 0.5) is 4.79 Å². The fourth-order valence-corrected chi connectivity index (χ4v) is 1.76. The van der Waals surface area contributed by atoms with Gasteiger partial charge in [-0.1, -0.05) is 0 Å². The Labute approximate surface area is 107 Å². The Morgan fingerprint density at radius 1 is 1.39 bits per heavy atom. The average molecular weight is 258 g/mol. The second kappa shape index (κ2) is 6.04. The van der Waals surface area contributed by atoms with Gasteiger partial charge in [-0.25, -0.2) is 4.79 Å². The van der Waals surface area contributed by atoms with Crippen LogP contribution in [0, 0.1) is 0 Å². The van der Waals surface area contributed by atoms with Crippen molar-refractivity contribution in [1.82, 2.24) is 4.90 Å². The standard InChI is InChI=1S/C12H22N2O4/c1-12(2,3)18-11(16)14-6-4-5-9(8-14)17-10(15)7-13/h9H,4-8,13H2,1-3H3. The van der Waals surface area contributed by atoms with E-state index in [9.17, 15) is 9.59 Å². The number of carbonyl (C=O) groups excluding carboxylic acids is 2. The lowest BCUT2D eigenvalue weighted by Gasteiger charge is -2.33. The highest BCUT2D eigenvalue weighted by Gasteiger charge is 2.29. The van der Waals surface area contributed by atoms with Crippen LogP contribution in [0.15, 0.2) is 0 Å². The summed E-state index contributed by atoms with van der Waals surface area (Å²) < 4.78 is 10.4. The van der Waals surface area contributed by atoms with Gasteiger partial charge in [0, 0.05) is 6.54 Å². The number of ether oxygens (including phenoxy) is 2. The van der Waals surface area contributed by atoms with Crippen LogP contribution < -0.4 is 5.73 Å². The Hall–Kier alpha value is -1.30. The summed E-state index contributed by atoms with van der Waals surface area (Å²) in [7, 11) is 0. The molecule has 0 saturated carbocycles. The van der Waals surface area contributed by atoms with E-state index in [1.165, 1.54) is 0 Å². The summed E-state index contributed by atoms with van der Waals surface area (Å²) in [6, 6.07) is 0. The highest BCUT2D eigenvalue weighted by Crippen LogP contribution is 2.17. The Morgan fingerprint density at radius 3 is 2.61 bits per heavy atom. The van der Waals surface area contributed by atoms with Crippen LogP contribution in [0.5, 0.6) is 0 Å². The number of esters is 1. The molecule has 0 spiro atoms. The molecular formula is C12H22N2O4. The van der Waals surface area contributed by atoms with Gasteiger partial charge in [-0.2, -0.15) is 0 Å². The maximum atomic E-state index is 11.9. The maximum absolute atomic E-state index is 11.9. The number of likely N-dealkylation sites (tertiary alicyclic amines) is 1. The second-order valence-corrected chi connectivity index (χ2v) is 5.38. The molecule has 1 amide bonds. The third-order valence-electron chi connectivity index (χ3n) is 2.49. The van der Waals surface area contributed by atoms with Crippen LogP contribution in [0.1, 0.15) is 33.6 Å². The van der Waals surface area contributed by atoms with Crippen molar-refractivity contribution in [2.45, 2.75) is 45.3 Å². The highest BCUT2D eigenvalue weighted by molar-refractivity contribution is 5.72. The zero-order valence-electron chi connectivity index (χ0n) is 11.3. The topological polar surface area (TPSA) is 81.9 Å². The molecule has 6 heteroatoms. The van der Waals surface area contributed by atoms with Crippen molar-refractivity contribution in [3.8, 4) is 0 Å². The molecule has 18 heavy (non-hydrogen) atoms. The summed E-state index contributed by atoms with van der Waals surface area (Å²) in [6.07, 6.45) is 0.908. The average Bonchev–Trinajstić information content (AvgIpc) is 2.27. The van der Waals surface area contributed by atoms with Gasteiger partial charge in [0.25, 0.3) is 0 Å². The van der Waals surface area contributed by atoms with Crippen molar-refractivity contribution in [2.75, 3.05) is 19.6 Å². The number of nitrogens with two attached hydrogens (primary N) is 1. The molecule has 0 aromatic heterocycles. The van der Waals surface area contributed by atoms with Gasteiger partial charge in [0.15, 0.2) is 0 Å². The van der Waals surface area contributed by atoms with E-state index in [4.69, 9.17) is 15.2 Å². The molecule has 2 N–H and O–H groups in total. The Morgan fingerprint density at radius 2 is 2.06 bits per heavy atom. The molecule has 1 aliphatic rings. The molecule has 0 radical (unpaired) electrons. The number of hydrogen-bond donors (Lipinski definition) is 1. The van der Waals surface area contributed by atoms with Crippen molar-refractivity contribution in [3.63, 3.8) is 0 Å². The van der Waals surface area contributed by atoms with Crippen LogP contribution in [0.2, 0.25) is 0 Å². The monoisotopic (exact) mass is 258 g/mol. The SMILES string of the molecule is CC(C)(C)OC(=O)N1CCCC(OC(=O)CN)C1. The molecule has 1 heterocycles. The third kappa shape index (κ3) is 4.91. The molecule has 1 fully saturated rings. The Kier molecular flexibility index (Phi) is 4.95. The van der Waals surface area contributed by atoms with Crippen LogP contribution >= 0.6 is 0 Å². The van der Waals surface area contributed by atoms with Gasteiger partial charge >= 0.3 is 12.1 Å². The predicted octanol–water partition coefficient (Wildman–Crippen LogP) is 0.888. The summed E-state index contributed by atoms with van der Waals surface area (Å²) in [5.74, 6) is -0.439. The minimum atomic E-state index is -0.516. The molecule has 0 bridgehead atoms. The first-order valence-electron chi connectivity index (χ1n) is 6.19. The van der Waals surface area contributed by atoms with E-state index in [2.05, 4.69) is 0 Å². The van der Waals surface area contributed by atoms with E-state index in [-0.39, 0.29) is 18.7 Å². The molecule has 104 valence electrons. The van der Waals surface area contributed by atoms with E-state index in [1.807, 2.05) is 20.8 Å².